The van der Waals surface area contributed by atoms with Gasteiger partial charge in [0.15, 0.2) is 0 Å². The monoisotopic (exact) mass is 366 g/mol. The van der Waals surface area contributed by atoms with Crippen molar-refractivity contribution < 1.29 is 9.66 Å². The van der Waals surface area contributed by atoms with Crippen molar-refractivity contribution in [3.8, 4) is 11.5 Å². The number of rotatable bonds is 7. The van der Waals surface area contributed by atoms with Crippen molar-refractivity contribution in [1.29, 1.82) is 0 Å². The number of aromatic nitrogens is 2. The maximum atomic E-state index is 11.5. The highest BCUT2D eigenvalue weighted by molar-refractivity contribution is 5.73. The van der Waals surface area contributed by atoms with E-state index in [2.05, 4.69) is 20.7 Å². The van der Waals surface area contributed by atoms with Crippen LogP contribution in [-0.2, 0) is 0 Å². The molecule has 0 saturated carbocycles. The van der Waals surface area contributed by atoms with Crippen molar-refractivity contribution in [3.63, 3.8) is 0 Å². The molecule has 0 saturated heterocycles. The highest BCUT2D eigenvalue weighted by atomic mass is 16.6. The summed E-state index contributed by atoms with van der Waals surface area (Å²) >= 11 is 0. The molecule has 0 aliphatic rings. The Hall–Kier alpha value is -3.72. The van der Waals surface area contributed by atoms with Crippen LogP contribution in [0.5, 0.6) is 11.5 Å². The quantitative estimate of drug-likeness (QED) is 0.480. The van der Waals surface area contributed by atoms with E-state index in [1.54, 1.807) is 43.4 Å². The van der Waals surface area contributed by atoms with Gasteiger partial charge in [0.25, 0.3) is 0 Å². The normalized spacial score (nSPS) is 10.5. The first-order valence-corrected chi connectivity index (χ1v) is 8.06. The molecule has 9 nitrogen and oxygen atoms in total. The molecule has 9 heteroatoms. The van der Waals surface area contributed by atoms with Gasteiger partial charge in [0.1, 0.15) is 17.8 Å². The Morgan fingerprint density at radius 3 is 2.22 bits per heavy atom. The lowest BCUT2D eigenvalue weighted by Crippen LogP contribution is -2.21. The maximum absolute atomic E-state index is 11.5. The molecular weight excluding hydrogens is 348 g/mol. The summed E-state index contributed by atoms with van der Waals surface area (Å²) in [6.45, 7) is 0. The molecule has 3 aromatic rings. The molecule has 0 atom stereocenters. The Bertz CT molecular complexity index is 916. The summed E-state index contributed by atoms with van der Waals surface area (Å²) in [5, 5.41) is 16.0. The minimum atomic E-state index is -0.527. The second kappa shape index (κ2) is 8.11. The topological polar surface area (TPSA) is 105 Å². The molecule has 138 valence electrons. The molecule has 0 radical (unpaired) electrons. The van der Waals surface area contributed by atoms with Crippen molar-refractivity contribution >= 4 is 23.0 Å². The number of benzene rings is 2. The predicted molar refractivity (Wildman–Crippen MR) is 102 cm³/mol. The summed E-state index contributed by atoms with van der Waals surface area (Å²) in [6.07, 6.45) is 1.26. The van der Waals surface area contributed by atoms with Gasteiger partial charge in [-0.05, 0) is 36.4 Å². The molecule has 2 N–H and O–H groups in total. The lowest BCUT2D eigenvalue weighted by Gasteiger charge is -2.14. The van der Waals surface area contributed by atoms with E-state index >= 15 is 0 Å². The zero-order chi connectivity index (χ0) is 19.2. The van der Waals surface area contributed by atoms with Crippen molar-refractivity contribution in [2.24, 2.45) is 0 Å². The number of hydrazine groups is 1. The summed E-state index contributed by atoms with van der Waals surface area (Å²) in [6, 6.07) is 16.4. The fourth-order valence-corrected chi connectivity index (χ4v) is 2.30. The zero-order valence-electron chi connectivity index (χ0n) is 14.8. The van der Waals surface area contributed by atoms with E-state index in [4.69, 9.17) is 4.74 Å². The number of nitro groups is 1. The largest absolute Gasteiger partial charge is 0.457 e. The van der Waals surface area contributed by atoms with Crippen LogP contribution < -0.4 is 15.5 Å². The molecule has 1 aromatic heterocycles. The van der Waals surface area contributed by atoms with Gasteiger partial charge in [0, 0.05) is 19.8 Å². The summed E-state index contributed by atoms with van der Waals surface area (Å²) in [5.74, 6) is 1.57. The summed E-state index contributed by atoms with van der Waals surface area (Å²) in [7, 11) is 3.43. The van der Waals surface area contributed by atoms with Gasteiger partial charge in [-0.1, -0.05) is 18.2 Å². The van der Waals surface area contributed by atoms with Crippen LogP contribution in [0.1, 0.15) is 0 Å². The Morgan fingerprint density at radius 1 is 0.963 bits per heavy atom. The van der Waals surface area contributed by atoms with Crippen LogP contribution in [0.25, 0.3) is 0 Å². The van der Waals surface area contributed by atoms with E-state index < -0.39 is 4.92 Å². The molecule has 0 unspecified atom stereocenters. The van der Waals surface area contributed by atoms with E-state index in [0.29, 0.717) is 11.4 Å². The number of para-hydroxylation sites is 1. The van der Waals surface area contributed by atoms with Gasteiger partial charge in [-0.15, -0.1) is 0 Å². The van der Waals surface area contributed by atoms with Gasteiger partial charge in [-0.3, -0.25) is 15.5 Å². The van der Waals surface area contributed by atoms with Gasteiger partial charge in [0.05, 0.1) is 4.92 Å². The molecule has 0 amide bonds. The van der Waals surface area contributed by atoms with Crippen molar-refractivity contribution in [1.82, 2.24) is 15.0 Å². The van der Waals surface area contributed by atoms with Gasteiger partial charge < -0.3 is 10.1 Å². The van der Waals surface area contributed by atoms with Gasteiger partial charge in [-0.25, -0.2) is 15.0 Å². The van der Waals surface area contributed by atoms with E-state index in [1.807, 2.05) is 30.3 Å². The van der Waals surface area contributed by atoms with Crippen molar-refractivity contribution in [2.45, 2.75) is 0 Å². The number of anilines is 3. The standard InChI is InChI=1S/C18H18N6O3/c1-23(2)22-18-16(24(25)26)17(19-12-20-18)21-13-8-10-15(11-9-13)27-14-6-4-3-5-7-14/h3-12H,1-2H3,(H2,19,20,21,22). The minimum absolute atomic E-state index is 0.0936. The van der Waals surface area contributed by atoms with Crippen LogP contribution in [0.2, 0.25) is 0 Å². The molecule has 27 heavy (non-hydrogen) atoms. The van der Waals surface area contributed by atoms with Crippen LogP contribution in [0.4, 0.5) is 23.0 Å². The number of nitrogens with zero attached hydrogens (tertiary/aromatic N) is 4. The van der Waals surface area contributed by atoms with Crippen LogP contribution >= 0.6 is 0 Å². The first kappa shape index (κ1) is 18.1. The molecule has 2 aromatic carbocycles. The number of hydrogen-bond acceptors (Lipinski definition) is 8. The fourth-order valence-electron chi connectivity index (χ4n) is 2.30. The summed E-state index contributed by atoms with van der Waals surface area (Å²) in [4.78, 5) is 18.9. The highest BCUT2D eigenvalue weighted by Crippen LogP contribution is 2.32. The van der Waals surface area contributed by atoms with Gasteiger partial charge in [0.2, 0.25) is 11.6 Å². The average molecular weight is 366 g/mol. The van der Waals surface area contributed by atoms with Crippen LogP contribution in [0.3, 0.4) is 0 Å². The summed E-state index contributed by atoms with van der Waals surface area (Å²) in [5.41, 5.74) is 3.19. The molecular formula is C18H18N6O3. The SMILES string of the molecule is CN(C)Nc1ncnc(Nc2ccc(Oc3ccccc3)cc2)c1[N+](=O)[O-]. The summed E-state index contributed by atoms with van der Waals surface area (Å²) < 4.78 is 5.73. The number of ether oxygens (including phenoxy) is 1. The lowest BCUT2D eigenvalue weighted by atomic mass is 10.3. The van der Waals surface area contributed by atoms with E-state index in [-0.39, 0.29) is 17.3 Å². The molecule has 0 aliphatic carbocycles. The predicted octanol–water partition coefficient (Wildman–Crippen LogP) is 3.81. The third-order valence-electron chi connectivity index (χ3n) is 3.43. The second-order valence-electron chi connectivity index (χ2n) is 5.75. The molecule has 0 bridgehead atoms. The van der Waals surface area contributed by atoms with Crippen LogP contribution in [0.15, 0.2) is 60.9 Å². The Balaban J connectivity index is 1.80. The third-order valence-corrected chi connectivity index (χ3v) is 3.43. The first-order valence-electron chi connectivity index (χ1n) is 8.06. The Kier molecular flexibility index (Phi) is 5.43. The van der Waals surface area contributed by atoms with E-state index in [9.17, 15) is 10.1 Å². The van der Waals surface area contributed by atoms with Gasteiger partial charge in [-0.2, -0.15) is 0 Å². The maximum Gasteiger partial charge on any atom is 0.354 e. The number of hydrogen-bond donors (Lipinski definition) is 2. The highest BCUT2D eigenvalue weighted by Gasteiger charge is 2.23. The Labute approximate surface area is 155 Å². The van der Waals surface area contributed by atoms with E-state index in [1.165, 1.54) is 6.33 Å². The fraction of sp³-hybridized carbons (Fsp3) is 0.111. The second-order valence-corrected chi connectivity index (χ2v) is 5.75. The smallest absolute Gasteiger partial charge is 0.354 e. The van der Waals surface area contributed by atoms with Crippen molar-refractivity contribution in [2.75, 3.05) is 24.8 Å². The van der Waals surface area contributed by atoms with Crippen LogP contribution in [0, 0.1) is 10.1 Å². The van der Waals surface area contributed by atoms with Crippen LogP contribution in [-0.4, -0.2) is 34.0 Å². The zero-order valence-corrected chi connectivity index (χ0v) is 14.8. The third kappa shape index (κ3) is 4.67. The molecule has 0 spiro atoms. The minimum Gasteiger partial charge on any atom is -0.457 e. The Morgan fingerprint density at radius 2 is 1.59 bits per heavy atom. The lowest BCUT2D eigenvalue weighted by molar-refractivity contribution is -0.383. The van der Waals surface area contributed by atoms with Gasteiger partial charge >= 0.3 is 5.69 Å². The molecule has 3 rings (SSSR count). The van der Waals surface area contributed by atoms with E-state index in [0.717, 1.165) is 5.75 Å². The molecule has 0 fully saturated rings. The van der Waals surface area contributed by atoms with Crippen molar-refractivity contribution in [3.05, 3.63) is 71.0 Å². The number of nitrogens with one attached hydrogen (secondary N) is 2. The first-order chi connectivity index (χ1) is 13.0. The molecule has 1 heterocycles. The average Bonchev–Trinajstić information content (AvgIpc) is 2.63. The molecule has 0 aliphatic heterocycles.